The number of nitrogens with one attached hydrogen (secondary N) is 2. The zero-order chi connectivity index (χ0) is 18.0. The topological polar surface area (TPSA) is 65.1 Å². The fraction of sp³-hybridized carbons (Fsp3) is 0.227. The molecule has 0 bridgehead atoms. The highest BCUT2D eigenvalue weighted by Gasteiger charge is 2.31. The van der Waals surface area contributed by atoms with Crippen molar-refractivity contribution in [2.75, 3.05) is 5.32 Å². The van der Waals surface area contributed by atoms with Crippen LogP contribution >= 0.6 is 0 Å². The summed E-state index contributed by atoms with van der Waals surface area (Å²) in [6.45, 7) is 4.09. The summed E-state index contributed by atoms with van der Waals surface area (Å²) in [7, 11) is 0. The minimum atomic E-state index is -0.662. The molecule has 0 amide bonds. The van der Waals surface area contributed by atoms with E-state index in [0.29, 0.717) is 16.7 Å². The van der Waals surface area contributed by atoms with E-state index < -0.39 is 6.10 Å². The van der Waals surface area contributed by atoms with Crippen molar-refractivity contribution in [2.45, 2.75) is 26.0 Å². The van der Waals surface area contributed by atoms with Crippen LogP contribution in [0.4, 0.5) is 5.69 Å². The maximum Gasteiger partial charge on any atom is 0.197 e. The molecule has 2 aliphatic rings. The first-order valence-corrected chi connectivity index (χ1v) is 8.96. The van der Waals surface area contributed by atoms with E-state index in [9.17, 15) is 9.90 Å². The van der Waals surface area contributed by atoms with E-state index in [0.717, 1.165) is 33.4 Å². The van der Waals surface area contributed by atoms with Crippen molar-refractivity contribution in [1.82, 2.24) is 4.98 Å². The number of rotatable bonds is 0. The summed E-state index contributed by atoms with van der Waals surface area (Å²) in [5, 5.41) is 15.7. The third-order valence-electron chi connectivity index (χ3n) is 5.47. The second kappa shape index (κ2) is 5.32. The molecule has 1 aromatic heterocycles. The number of aryl methyl sites for hydroxylation is 1. The number of pyridine rings is 1. The van der Waals surface area contributed by atoms with E-state index in [1.54, 1.807) is 0 Å². The predicted octanol–water partition coefficient (Wildman–Crippen LogP) is 3.95. The SMILES string of the molecule is Cc1ccc2[nH]c3cc4c(cc3c(=O)c2c1)NC1C=CC(C)C=C1C4O. The summed E-state index contributed by atoms with van der Waals surface area (Å²) >= 11 is 0. The van der Waals surface area contributed by atoms with Gasteiger partial charge in [0.1, 0.15) is 6.10 Å². The van der Waals surface area contributed by atoms with E-state index >= 15 is 0 Å². The van der Waals surface area contributed by atoms with Gasteiger partial charge in [-0.3, -0.25) is 4.79 Å². The number of aliphatic hydroxyl groups is 1. The summed E-state index contributed by atoms with van der Waals surface area (Å²) in [4.78, 5) is 16.4. The number of fused-ring (bicyclic) bond motifs is 4. The lowest BCUT2D eigenvalue weighted by Crippen LogP contribution is -2.31. The Hall–Kier alpha value is -2.85. The average Bonchev–Trinajstić information content (AvgIpc) is 2.63. The van der Waals surface area contributed by atoms with Crippen LogP contribution in [0.25, 0.3) is 21.8 Å². The Labute approximate surface area is 150 Å². The van der Waals surface area contributed by atoms with Crippen LogP contribution in [-0.4, -0.2) is 16.1 Å². The van der Waals surface area contributed by atoms with Crippen LogP contribution in [0.3, 0.4) is 0 Å². The van der Waals surface area contributed by atoms with Crippen LogP contribution in [0.2, 0.25) is 0 Å². The summed E-state index contributed by atoms with van der Waals surface area (Å²) in [5.41, 5.74) is 5.26. The Morgan fingerprint density at radius 2 is 1.85 bits per heavy atom. The highest BCUT2D eigenvalue weighted by molar-refractivity contribution is 5.95. The standard InChI is InChI=1S/C22H20N2O2/c1-11-3-5-17-13(7-11)21(25)15-9-20-16(10-19(15)23-17)22(26)14-8-12(2)4-6-18(14)24-20/h3-11,17,21,23,25H,1-2H3,(H,24,26). The summed E-state index contributed by atoms with van der Waals surface area (Å²) in [6.07, 6.45) is 5.67. The van der Waals surface area contributed by atoms with Gasteiger partial charge in [0.25, 0.3) is 0 Å². The van der Waals surface area contributed by atoms with Gasteiger partial charge < -0.3 is 15.4 Å². The minimum absolute atomic E-state index is 0.0192. The molecule has 130 valence electrons. The molecule has 2 heterocycles. The smallest absolute Gasteiger partial charge is 0.197 e. The number of H-pyrrole nitrogens is 1. The normalized spacial score (nSPS) is 24.1. The molecule has 4 heteroatoms. The molecule has 3 atom stereocenters. The van der Waals surface area contributed by atoms with Gasteiger partial charge >= 0.3 is 0 Å². The van der Waals surface area contributed by atoms with Gasteiger partial charge in [-0.1, -0.05) is 36.8 Å². The van der Waals surface area contributed by atoms with E-state index in [-0.39, 0.29) is 11.5 Å². The van der Waals surface area contributed by atoms with Crippen molar-refractivity contribution in [3.8, 4) is 0 Å². The van der Waals surface area contributed by atoms with Crippen LogP contribution in [0.15, 0.2) is 58.9 Å². The maximum absolute atomic E-state index is 13.0. The maximum atomic E-state index is 13.0. The molecule has 5 rings (SSSR count). The molecule has 1 aliphatic heterocycles. The molecule has 1 aliphatic carbocycles. The van der Waals surface area contributed by atoms with Gasteiger partial charge in [0.15, 0.2) is 5.43 Å². The highest BCUT2D eigenvalue weighted by atomic mass is 16.3. The number of aromatic nitrogens is 1. The third kappa shape index (κ3) is 2.15. The van der Waals surface area contributed by atoms with Crippen LogP contribution in [-0.2, 0) is 0 Å². The van der Waals surface area contributed by atoms with Crippen molar-refractivity contribution in [2.24, 2.45) is 5.92 Å². The quantitative estimate of drug-likeness (QED) is 0.427. The molecule has 0 radical (unpaired) electrons. The molecular formula is C22H20N2O2. The van der Waals surface area contributed by atoms with Gasteiger partial charge in [-0.05, 0) is 42.7 Å². The second-order valence-corrected chi connectivity index (χ2v) is 7.42. The minimum Gasteiger partial charge on any atom is -0.384 e. The van der Waals surface area contributed by atoms with Crippen LogP contribution in [0.5, 0.6) is 0 Å². The molecule has 2 aromatic carbocycles. The molecule has 0 saturated carbocycles. The second-order valence-electron chi connectivity index (χ2n) is 7.42. The zero-order valence-electron chi connectivity index (χ0n) is 14.7. The zero-order valence-corrected chi connectivity index (χ0v) is 14.7. The highest BCUT2D eigenvalue weighted by Crippen LogP contribution is 2.40. The van der Waals surface area contributed by atoms with Gasteiger partial charge in [-0.15, -0.1) is 0 Å². The largest absolute Gasteiger partial charge is 0.384 e. The lowest BCUT2D eigenvalue weighted by Gasteiger charge is -2.34. The number of aromatic amines is 1. The Bertz CT molecular complexity index is 1190. The number of allylic oxidation sites excluding steroid dienone is 2. The first kappa shape index (κ1) is 15.4. The number of hydrogen-bond donors (Lipinski definition) is 3. The monoisotopic (exact) mass is 344 g/mol. The van der Waals surface area contributed by atoms with Crippen LogP contribution in [0.1, 0.15) is 24.2 Å². The van der Waals surface area contributed by atoms with Gasteiger partial charge in [0.05, 0.1) is 11.6 Å². The van der Waals surface area contributed by atoms with Crippen LogP contribution < -0.4 is 10.7 Å². The molecule has 3 aromatic rings. The molecule has 0 spiro atoms. The van der Waals surface area contributed by atoms with E-state index in [1.807, 2.05) is 37.3 Å². The Morgan fingerprint density at radius 1 is 1.04 bits per heavy atom. The fourth-order valence-corrected chi connectivity index (χ4v) is 4.10. The summed E-state index contributed by atoms with van der Waals surface area (Å²) < 4.78 is 0. The molecule has 0 saturated heterocycles. The van der Waals surface area contributed by atoms with Crippen molar-refractivity contribution in [3.05, 3.63) is 75.5 Å². The number of anilines is 1. The third-order valence-corrected chi connectivity index (χ3v) is 5.47. The van der Waals surface area contributed by atoms with E-state index in [2.05, 4.69) is 35.5 Å². The fourth-order valence-electron chi connectivity index (χ4n) is 4.10. The van der Waals surface area contributed by atoms with Gasteiger partial charge in [0, 0.05) is 27.5 Å². The Morgan fingerprint density at radius 3 is 2.69 bits per heavy atom. The van der Waals surface area contributed by atoms with Gasteiger partial charge in [0.2, 0.25) is 0 Å². The van der Waals surface area contributed by atoms with Crippen molar-refractivity contribution in [3.63, 3.8) is 0 Å². The molecule has 3 unspecified atom stereocenters. The summed E-state index contributed by atoms with van der Waals surface area (Å²) in [6, 6.07) is 9.60. The van der Waals surface area contributed by atoms with Crippen molar-refractivity contribution >= 4 is 27.5 Å². The van der Waals surface area contributed by atoms with E-state index in [4.69, 9.17) is 0 Å². The number of aliphatic hydroxyl groups excluding tert-OH is 1. The van der Waals surface area contributed by atoms with Gasteiger partial charge in [-0.25, -0.2) is 0 Å². The molecule has 26 heavy (non-hydrogen) atoms. The number of hydrogen-bond acceptors (Lipinski definition) is 3. The molecule has 0 fully saturated rings. The first-order chi connectivity index (χ1) is 12.5. The average molecular weight is 344 g/mol. The van der Waals surface area contributed by atoms with Crippen molar-refractivity contribution in [1.29, 1.82) is 0 Å². The summed E-state index contributed by atoms with van der Waals surface area (Å²) in [5.74, 6) is 0.312. The predicted molar refractivity (Wildman–Crippen MR) is 106 cm³/mol. The molecule has 3 N–H and O–H groups in total. The lowest BCUT2D eigenvalue weighted by atomic mass is 9.84. The van der Waals surface area contributed by atoms with Crippen molar-refractivity contribution < 1.29 is 5.11 Å². The Balaban J connectivity index is 1.78. The van der Waals surface area contributed by atoms with Gasteiger partial charge in [-0.2, -0.15) is 0 Å². The van der Waals surface area contributed by atoms with Crippen LogP contribution in [0, 0.1) is 12.8 Å². The Kier molecular flexibility index (Phi) is 3.15. The molecular weight excluding hydrogens is 324 g/mol. The molecule has 4 nitrogen and oxygen atoms in total. The lowest BCUT2D eigenvalue weighted by molar-refractivity contribution is 0.207. The number of benzene rings is 2. The first-order valence-electron chi connectivity index (χ1n) is 8.96. The van der Waals surface area contributed by atoms with E-state index in [1.165, 1.54) is 0 Å².